The minimum atomic E-state index is 0.678. The molecule has 82 valence electrons. The Morgan fingerprint density at radius 2 is 2.31 bits per heavy atom. The van der Waals surface area contributed by atoms with Crippen molar-refractivity contribution in [1.29, 1.82) is 0 Å². The van der Waals surface area contributed by atoms with Gasteiger partial charge in [-0.3, -0.25) is 0 Å². The van der Waals surface area contributed by atoms with Crippen molar-refractivity contribution in [1.82, 2.24) is 10.3 Å². The summed E-state index contributed by atoms with van der Waals surface area (Å²) in [6, 6.07) is 4.42. The first kappa shape index (κ1) is 8.76. The molecule has 2 bridgehead atoms. The van der Waals surface area contributed by atoms with Gasteiger partial charge in [-0.25, -0.2) is 4.98 Å². The van der Waals surface area contributed by atoms with E-state index in [4.69, 9.17) is 4.42 Å². The second-order valence-electron chi connectivity index (χ2n) is 5.03. The Hall–Kier alpha value is -1.35. The Kier molecular flexibility index (Phi) is 1.68. The van der Waals surface area contributed by atoms with Crippen molar-refractivity contribution >= 4 is 11.1 Å². The number of piperidine rings is 1. The molecule has 2 atom stereocenters. The Bertz CT molecular complexity index is 546. The molecular weight excluding hydrogens is 200 g/mol. The van der Waals surface area contributed by atoms with Crippen molar-refractivity contribution in [2.45, 2.75) is 18.8 Å². The average molecular weight is 214 g/mol. The Balaban J connectivity index is 1.93. The molecule has 1 aliphatic heterocycles. The van der Waals surface area contributed by atoms with Crippen LogP contribution in [0.4, 0.5) is 0 Å². The third kappa shape index (κ3) is 1.15. The number of oxazole rings is 1. The first-order valence-corrected chi connectivity index (χ1v) is 5.97. The molecule has 1 saturated heterocycles. The predicted octanol–water partition coefficient (Wildman–Crippen LogP) is 2.08. The summed E-state index contributed by atoms with van der Waals surface area (Å²) in [6.07, 6.45) is 4.07. The van der Waals surface area contributed by atoms with Gasteiger partial charge in [0, 0.05) is 6.54 Å². The topological polar surface area (TPSA) is 38.1 Å². The molecule has 1 fully saturated rings. The molecule has 0 radical (unpaired) electrons. The Morgan fingerprint density at radius 1 is 1.31 bits per heavy atom. The van der Waals surface area contributed by atoms with E-state index in [0.29, 0.717) is 5.92 Å². The van der Waals surface area contributed by atoms with Crippen molar-refractivity contribution in [3.8, 4) is 0 Å². The lowest BCUT2D eigenvalue weighted by Crippen LogP contribution is -2.39. The second-order valence-corrected chi connectivity index (χ2v) is 5.03. The molecule has 2 unspecified atom stereocenters. The lowest BCUT2D eigenvalue weighted by atomic mass is 9.74. The van der Waals surface area contributed by atoms with E-state index in [1.54, 1.807) is 6.39 Å². The smallest absolute Gasteiger partial charge is 0.181 e. The molecule has 0 spiro atoms. The number of fused-ring (bicyclic) bond motifs is 5. The summed E-state index contributed by atoms with van der Waals surface area (Å²) >= 11 is 0. The number of nitrogens with zero attached hydrogens (tertiary/aromatic N) is 1. The largest absolute Gasteiger partial charge is 0.443 e. The molecule has 0 amide bonds. The van der Waals surface area contributed by atoms with Crippen LogP contribution < -0.4 is 5.32 Å². The van der Waals surface area contributed by atoms with Crippen LogP contribution in [0, 0.1) is 5.92 Å². The van der Waals surface area contributed by atoms with Crippen molar-refractivity contribution in [2.24, 2.45) is 5.92 Å². The van der Waals surface area contributed by atoms with E-state index < -0.39 is 0 Å². The summed E-state index contributed by atoms with van der Waals surface area (Å²) < 4.78 is 5.39. The van der Waals surface area contributed by atoms with Crippen molar-refractivity contribution in [2.75, 3.05) is 13.1 Å². The van der Waals surface area contributed by atoms with Gasteiger partial charge in [-0.2, -0.15) is 0 Å². The van der Waals surface area contributed by atoms with E-state index >= 15 is 0 Å². The highest BCUT2D eigenvalue weighted by atomic mass is 16.3. The van der Waals surface area contributed by atoms with Crippen LogP contribution in [0.5, 0.6) is 0 Å². The van der Waals surface area contributed by atoms with Crippen LogP contribution in [-0.4, -0.2) is 18.1 Å². The lowest BCUT2D eigenvalue weighted by Gasteiger charge is -2.36. The zero-order chi connectivity index (χ0) is 10.5. The van der Waals surface area contributed by atoms with Crippen LogP contribution >= 0.6 is 0 Å². The highest BCUT2D eigenvalue weighted by Crippen LogP contribution is 2.38. The van der Waals surface area contributed by atoms with E-state index in [2.05, 4.69) is 22.4 Å². The number of aromatic nitrogens is 1. The minimum absolute atomic E-state index is 0.678. The van der Waals surface area contributed by atoms with Gasteiger partial charge in [0.25, 0.3) is 0 Å². The summed E-state index contributed by atoms with van der Waals surface area (Å²) in [5.41, 5.74) is 4.91. The van der Waals surface area contributed by atoms with Crippen LogP contribution in [0.2, 0.25) is 0 Å². The van der Waals surface area contributed by atoms with Crippen LogP contribution in [0.3, 0.4) is 0 Å². The summed E-state index contributed by atoms with van der Waals surface area (Å²) in [6.45, 7) is 2.29. The molecule has 2 aromatic rings. The molecule has 1 N–H and O–H groups in total. The van der Waals surface area contributed by atoms with Gasteiger partial charge >= 0.3 is 0 Å². The first-order chi connectivity index (χ1) is 7.90. The maximum Gasteiger partial charge on any atom is 0.181 e. The van der Waals surface area contributed by atoms with Crippen molar-refractivity contribution < 1.29 is 4.42 Å². The highest BCUT2D eigenvalue weighted by molar-refractivity contribution is 5.75. The lowest BCUT2D eigenvalue weighted by molar-refractivity contribution is 0.318. The van der Waals surface area contributed by atoms with Gasteiger partial charge in [0.05, 0.1) is 0 Å². The fourth-order valence-corrected chi connectivity index (χ4v) is 3.25. The average Bonchev–Trinajstić information content (AvgIpc) is 2.74. The third-order valence-electron chi connectivity index (χ3n) is 3.98. The summed E-state index contributed by atoms with van der Waals surface area (Å²) in [5.74, 6) is 1.49. The van der Waals surface area contributed by atoms with E-state index in [-0.39, 0.29) is 0 Å². The van der Waals surface area contributed by atoms with Crippen LogP contribution in [0.1, 0.15) is 23.5 Å². The van der Waals surface area contributed by atoms with E-state index in [1.165, 1.54) is 30.5 Å². The molecule has 3 nitrogen and oxygen atoms in total. The van der Waals surface area contributed by atoms with E-state index in [1.807, 2.05) is 0 Å². The monoisotopic (exact) mass is 214 g/mol. The van der Waals surface area contributed by atoms with Gasteiger partial charge in [-0.05, 0) is 54.5 Å². The molecule has 1 aromatic carbocycles. The Morgan fingerprint density at radius 3 is 3.31 bits per heavy atom. The van der Waals surface area contributed by atoms with Crippen molar-refractivity contribution in [3.63, 3.8) is 0 Å². The quantitative estimate of drug-likeness (QED) is 0.729. The zero-order valence-electron chi connectivity index (χ0n) is 9.07. The molecule has 0 saturated carbocycles. The van der Waals surface area contributed by atoms with Crippen LogP contribution in [-0.2, 0) is 6.42 Å². The number of nitrogens with one attached hydrogen (secondary N) is 1. The van der Waals surface area contributed by atoms with Gasteiger partial charge in [0.15, 0.2) is 12.0 Å². The molecule has 2 aliphatic rings. The summed E-state index contributed by atoms with van der Waals surface area (Å²) in [5, 5.41) is 3.52. The van der Waals surface area contributed by atoms with E-state index in [0.717, 1.165) is 23.6 Å². The Labute approximate surface area is 93.9 Å². The SMILES string of the molecule is c1nc2cc3c(cc2o1)C1CNCC(C3)C1. The summed E-state index contributed by atoms with van der Waals surface area (Å²) in [7, 11) is 0. The van der Waals surface area contributed by atoms with Gasteiger partial charge in [-0.15, -0.1) is 0 Å². The molecule has 2 heterocycles. The zero-order valence-corrected chi connectivity index (χ0v) is 9.07. The van der Waals surface area contributed by atoms with Gasteiger partial charge in [0.1, 0.15) is 5.52 Å². The second kappa shape index (κ2) is 3.08. The van der Waals surface area contributed by atoms with Gasteiger partial charge in [0.2, 0.25) is 0 Å². The molecular formula is C13H14N2O. The predicted molar refractivity (Wildman–Crippen MR) is 61.4 cm³/mol. The van der Waals surface area contributed by atoms with Crippen LogP contribution in [0.15, 0.2) is 22.9 Å². The maximum atomic E-state index is 5.39. The maximum absolute atomic E-state index is 5.39. The molecule has 1 aliphatic carbocycles. The minimum Gasteiger partial charge on any atom is -0.443 e. The fourth-order valence-electron chi connectivity index (χ4n) is 3.25. The first-order valence-electron chi connectivity index (χ1n) is 5.97. The number of hydrogen-bond donors (Lipinski definition) is 1. The summed E-state index contributed by atoms with van der Waals surface area (Å²) in [4.78, 5) is 4.24. The van der Waals surface area contributed by atoms with Crippen LogP contribution in [0.25, 0.3) is 11.1 Å². The third-order valence-corrected chi connectivity index (χ3v) is 3.98. The standard InChI is InChI=1S/C13H14N2O/c1-8-2-10(6-14-5-8)11-4-13-12(3-9(1)11)15-7-16-13/h3-4,7-8,10,14H,1-2,5-6H2. The molecule has 1 aromatic heterocycles. The normalized spacial score (nSPS) is 28.0. The molecule has 16 heavy (non-hydrogen) atoms. The van der Waals surface area contributed by atoms with Gasteiger partial charge < -0.3 is 9.73 Å². The fraction of sp³-hybridized carbons (Fsp3) is 0.462. The number of hydrogen-bond acceptors (Lipinski definition) is 3. The number of rotatable bonds is 0. The highest BCUT2D eigenvalue weighted by Gasteiger charge is 2.30. The van der Waals surface area contributed by atoms with Crippen molar-refractivity contribution in [3.05, 3.63) is 29.7 Å². The molecule has 3 heteroatoms. The molecule has 4 rings (SSSR count). The van der Waals surface area contributed by atoms with E-state index in [9.17, 15) is 0 Å². The number of benzene rings is 1. The van der Waals surface area contributed by atoms with Gasteiger partial charge in [-0.1, -0.05) is 0 Å².